The van der Waals surface area contributed by atoms with E-state index in [-0.39, 0.29) is 5.78 Å². The molecule has 0 aromatic heterocycles. The summed E-state index contributed by atoms with van der Waals surface area (Å²) in [4.78, 5) is 12.0. The molecule has 0 saturated carbocycles. The molecule has 0 aliphatic carbocycles. The average molecular weight is 356 g/mol. The molecule has 1 atom stereocenters. The fourth-order valence-corrected chi connectivity index (χ4v) is 2.32. The monoisotopic (exact) mass is 354 g/mol. The van der Waals surface area contributed by atoms with Gasteiger partial charge in [0.05, 0.1) is 5.02 Å². The lowest BCUT2D eigenvalue weighted by atomic mass is 10.0. The Hall–Kier alpha value is -0.290. The third-order valence-electron chi connectivity index (χ3n) is 2.43. The third kappa shape index (κ3) is 3.85. The van der Waals surface area contributed by atoms with E-state index in [2.05, 4.69) is 15.9 Å². The average Bonchev–Trinajstić information content (AvgIpc) is 2.31. The van der Waals surface area contributed by atoms with Crippen LogP contribution in [0.5, 0.6) is 5.75 Å². The quantitative estimate of drug-likeness (QED) is 0.746. The Labute approximate surface area is 124 Å². The van der Waals surface area contributed by atoms with Gasteiger partial charge in [0.1, 0.15) is 11.4 Å². The second-order valence-corrected chi connectivity index (χ2v) is 5.76. The summed E-state index contributed by atoms with van der Waals surface area (Å²) in [5.74, 6) is 0.138. The Morgan fingerprint density at radius 2 is 2.00 bits per heavy atom. The van der Waals surface area contributed by atoms with Gasteiger partial charge in [-0.2, -0.15) is 0 Å². The molecule has 0 radical (unpaired) electrons. The molecule has 6 heteroatoms. The van der Waals surface area contributed by atoms with Crippen molar-refractivity contribution in [2.45, 2.75) is 24.5 Å². The number of Topliss-reactive ketones (excluding diaryl/α,β-unsaturated/α-hetero) is 1. The van der Waals surface area contributed by atoms with Gasteiger partial charge in [0.2, 0.25) is 10.8 Å². The zero-order valence-corrected chi connectivity index (χ0v) is 13.3. The highest BCUT2D eigenvalue weighted by Crippen LogP contribution is 2.30. The lowest BCUT2D eigenvalue weighted by Gasteiger charge is -2.24. The summed E-state index contributed by atoms with van der Waals surface area (Å²) >= 11 is 14.9. The Balaban J connectivity index is 2.82. The molecule has 3 nitrogen and oxygen atoms in total. The van der Waals surface area contributed by atoms with Crippen molar-refractivity contribution in [2.75, 3.05) is 7.11 Å². The Bertz CT molecular complexity index is 449. The highest BCUT2D eigenvalue weighted by molar-refractivity contribution is 9.09. The molecule has 18 heavy (non-hydrogen) atoms. The van der Waals surface area contributed by atoms with E-state index in [0.717, 1.165) is 0 Å². The van der Waals surface area contributed by atoms with Crippen LogP contribution >= 0.6 is 39.1 Å². The maximum atomic E-state index is 12.0. The second kappa shape index (κ2) is 6.24. The number of alkyl halides is 1. The second-order valence-electron chi connectivity index (χ2n) is 4.09. The van der Waals surface area contributed by atoms with Gasteiger partial charge in [0.15, 0.2) is 0 Å². The number of rotatable bonds is 5. The summed E-state index contributed by atoms with van der Waals surface area (Å²) in [6.07, 6.45) is 0. The normalized spacial score (nSPS) is 13.2. The van der Waals surface area contributed by atoms with Gasteiger partial charge in [-0.15, -0.1) is 0 Å². The van der Waals surface area contributed by atoms with Crippen molar-refractivity contribution < 1.29 is 14.3 Å². The Morgan fingerprint density at radius 3 is 2.50 bits per heavy atom. The minimum atomic E-state index is -0.937. The zero-order chi connectivity index (χ0) is 13.9. The predicted octanol–water partition coefficient (Wildman–Crippen LogP) is 4.09. The third-order valence-corrected chi connectivity index (χ3v) is 3.57. The maximum absolute atomic E-state index is 12.0. The molecule has 0 fully saturated rings. The molecule has 1 unspecified atom stereocenters. The Kier molecular flexibility index (Phi) is 5.46. The minimum absolute atomic E-state index is 0.240. The van der Waals surface area contributed by atoms with Crippen LogP contribution in [0.2, 0.25) is 10.0 Å². The van der Waals surface area contributed by atoms with Crippen LogP contribution in [-0.2, 0) is 9.53 Å². The number of carbonyl (C=O) groups excluding carboxylic acids is 1. The van der Waals surface area contributed by atoms with E-state index in [4.69, 9.17) is 32.7 Å². The van der Waals surface area contributed by atoms with Crippen molar-refractivity contribution in [3.63, 3.8) is 0 Å². The number of ketones is 1. The number of methoxy groups -OCH3 is 1. The van der Waals surface area contributed by atoms with E-state index in [1.54, 1.807) is 32.0 Å². The van der Waals surface area contributed by atoms with E-state index in [1.165, 1.54) is 7.11 Å². The van der Waals surface area contributed by atoms with E-state index in [0.29, 0.717) is 15.8 Å². The lowest BCUT2D eigenvalue weighted by Crippen LogP contribution is -2.41. The highest BCUT2D eigenvalue weighted by atomic mass is 79.9. The van der Waals surface area contributed by atoms with Crippen LogP contribution in [0.1, 0.15) is 13.8 Å². The smallest absolute Gasteiger partial charge is 0.215 e. The maximum Gasteiger partial charge on any atom is 0.215 e. The largest absolute Gasteiger partial charge is 0.470 e. The van der Waals surface area contributed by atoms with E-state index in [9.17, 15) is 4.79 Å². The van der Waals surface area contributed by atoms with Crippen molar-refractivity contribution in [2.24, 2.45) is 0 Å². The van der Waals surface area contributed by atoms with Gasteiger partial charge in [-0.25, -0.2) is 0 Å². The first-order chi connectivity index (χ1) is 8.27. The molecular formula is C12H13BrCl2O3. The molecular weight excluding hydrogens is 343 g/mol. The van der Waals surface area contributed by atoms with Crippen molar-refractivity contribution in [1.82, 2.24) is 0 Å². The van der Waals surface area contributed by atoms with Crippen LogP contribution < -0.4 is 4.74 Å². The van der Waals surface area contributed by atoms with Gasteiger partial charge in [0, 0.05) is 12.1 Å². The van der Waals surface area contributed by atoms with Crippen LogP contribution in [0.3, 0.4) is 0 Å². The molecule has 0 aliphatic rings. The highest BCUT2D eigenvalue weighted by Gasteiger charge is 2.34. The Morgan fingerprint density at radius 1 is 1.39 bits per heavy atom. The number of carbonyl (C=O) groups is 1. The van der Waals surface area contributed by atoms with Gasteiger partial charge in [-0.3, -0.25) is 4.79 Å². The van der Waals surface area contributed by atoms with E-state index in [1.807, 2.05) is 0 Å². The predicted molar refractivity (Wildman–Crippen MR) is 75.9 cm³/mol. The standard InChI is InChI=1S/C12H13BrCl2O3/c1-12(2,17-3)10(16)11(13)18-9-5-4-7(14)6-8(9)15/h4-6,11H,1-3H3. The van der Waals surface area contributed by atoms with Crippen molar-refractivity contribution in [3.05, 3.63) is 28.2 Å². The molecule has 1 aromatic carbocycles. The molecule has 0 aliphatic heterocycles. The van der Waals surface area contributed by atoms with Gasteiger partial charge in [-0.05, 0) is 48.0 Å². The number of hydrogen-bond acceptors (Lipinski definition) is 3. The zero-order valence-electron chi connectivity index (χ0n) is 10.2. The molecule has 0 N–H and O–H groups in total. The first-order valence-electron chi connectivity index (χ1n) is 5.13. The molecule has 100 valence electrons. The lowest BCUT2D eigenvalue weighted by molar-refractivity contribution is -0.140. The molecule has 0 heterocycles. The molecule has 1 aromatic rings. The fourth-order valence-electron chi connectivity index (χ4n) is 1.11. The summed E-state index contributed by atoms with van der Waals surface area (Å²) < 4.78 is 10.5. The fraction of sp³-hybridized carbons (Fsp3) is 0.417. The topological polar surface area (TPSA) is 35.5 Å². The number of benzene rings is 1. The summed E-state index contributed by atoms with van der Waals surface area (Å²) in [5.41, 5.74) is -0.937. The van der Waals surface area contributed by atoms with Gasteiger partial charge >= 0.3 is 0 Å². The van der Waals surface area contributed by atoms with Crippen LogP contribution in [0.25, 0.3) is 0 Å². The first-order valence-corrected chi connectivity index (χ1v) is 6.80. The van der Waals surface area contributed by atoms with Crippen LogP contribution in [-0.4, -0.2) is 23.5 Å². The summed E-state index contributed by atoms with van der Waals surface area (Å²) in [6, 6.07) is 4.78. The molecule has 0 spiro atoms. The van der Waals surface area contributed by atoms with Gasteiger partial charge < -0.3 is 9.47 Å². The minimum Gasteiger partial charge on any atom is -0.470 e. The van der Waals surface area contributed by atoms with Crippen molar-refractivity contribution in [1.29, 1.82) is 0 Å². The van der Waals surface area contributed by atoms with Crippen molar-refractivity contribution in [3.8, 4) is 5.75 Å². The molecule has 1 rings (SSSR count). The van der Waals surface area contributed by atoms with Crippen LogP contribution in [0.4, 0.5) is 0 Å². The molecule has 0 bridgehead atoms. The summed E-state index contributed by atoms with van der Waals surface area (Å²) in [5, 5.41) is 0.00289. The summed E-state index contributed by atoms with van der Waals surface area (Å²) in [7, 11) is 1.47. The van der Waals surface area contributed by atoms with E-state index < -0.39 is 10.6 Å². The van der Waals surface area contributed by atoms with Crippen LogP contribution in [0, 0.1) is 0 Å². The van der Waals surface area contributed by atoms with Gasteiger partial charge in [0.25, 0.3) is 0 Å². The number of halogens is 3. The van der Waals surface area contributed by atoms with Crippen molar-refractivity contribution >= 4 is 44.9 Å². The molecule has 0 amide bonds. The number of hydrogen-bond donors (Lipinski definition) is 0. The molecule has 0 saturated heterocycles. The van der Waals surface area contributed by atoms with Crippen LogP contribution in [0.15, 0.2) is 18.2 Å². The van der Waals surface area contributed by atoms with Gasteiger partial charge in [-0.1, -0.05) is 23.2 Å². The van der Waals surface area contributed by atoms with E-state index >= 15 is 0 Å². The summed E-state index contributed by atoms with van der Waals surface area (Å²) in [6.45, 7) is 3.33. The SMILES string of the molecule is COC(C)(C)C(=O)C(Br)Oc1ccc(Cl)cc1Cl. The first kappa shape index (κ1) is 15.8. The number of ether oxygens (including phenoxy) is 2.